The number of rotatable bonds is 3. The van der Waals surface area contributed by atoms with Crippen LogP contribution in [-0.4, -0.2) is 12.6 Å². The molecule has 0 saturated heterocycles. The monoisotopic (exact) mass is 241 g/mol. The third-order valence-corrected chi connectivity index (χ3v) is 2.80. The summed E-state index contributed by atoms with van der Waals surface area (Å²) in [6.45, 7) is 7.64. The molecule has 0 radical (unpaired) electrons. The highest BCUT2D eigenvalue weighted by Gasteiger charge is 2.09. The average Bonchev–Trinajstić information content (AvgIpc) is 2.09. The Morgan fingerprint density at radius 3 is 2.38 bits per heavy atom. The van der Waals surface area contributed by atoms with Gasteiger partial charge < -0.3 is 4.90 Å². The molecule has 0 aliphatic rings. The van der Waals surface area contributed by atoms with Crippen molar-refractivity contribution in [3.63, 3.8) is 0 Å². The Morgan fingerprint density at radius 1 is 1.31 bits per heavy atom. The van der Waals surface area contributed by atoms with Crippen molar-refractivity contribution in [1.29, 1.82) is 0 Å². The summed E-state index contributed by atoms with van der Waals surface area (Å²) in [5.74, 6) is 0. The van der Waals surface area contributed by atoms with Gasteiger partial charge in [0.1, 0.15) is 0 Å². The van der Waals surface area contributed by atoms with Gasteiger partial charge in [-0.1, -0.05) is 12.1 Å². The molecule has 0 saturated carbocycles. The van der Waals surface area contributed by atoms with Crippen LogP contribution < -0.4 is 4.90 Å². The lowest BCUT2D eigenvalue weighted by Crippen LogP contribution is -2.30. The fourth-order valence-corrected chi connectivity index (χ4v) is 2.01. The van der Waals surface area contributed by atoms with Crippen LogP contribution in [0.2, 0.25) is 0 Å². The zero-order valence-electron chi connectivity index (χ0n) is 8.42. The quantitative estimate of drug-likeness (QED) is 0.781. The van der Waals surface area contributed by atoms with Crippen molar-refractivity contribution >= 4 is 21.6 Å². The van der Waals surface area contributed by atoms with Crippen molar-refractivity contribution in [1.82, 2.24) is 0 Å². The SMILES string of the molecule is CCN(c1ccccc1Br)C(C)C. The van der Waals surface area contributed by atoms with E-state index in [9.17, 15) is 0 Å². The van der Waals surface area contributed by atoms with Gasteiger partial charge in [0.15, 0.2) is 0 Å². The second-order valence-corrected chi connectivity index (χ2v) is 4.19. The van der Waals surface area contributed by atoms with Gasteiger partial charge in [0, 0.05) is 17.1 Å². The van der Waals surface area contributed by atoms with Gasteiger partial charge in [0.2, 0.25) is 0 Å². The van der Waals surface area contributed by atoms with Crippen molar-refractivity contribution in [3.05, 3.63) is 28.7 Å². The van der Waals surface area contributed by atoms with E-state index in [1.807, 2.05) is 6.07 Å². The van der Waals surface area contributed by atoms with Crippen LogP contribution in [0.25, 0.3) is 0 Å². The molecule has 2 heteroatoms. The maximum Gasteiger partial charge on any atom is 0.0512 e. The van der Waals surface area contributed by atoms with E-state index in [1.54, 1.807) is 0 Å². The lowest BCUT2D eigenvalue weighted by Gasteiger charge is -2.28. The number of hydrogen-bond acceptors (Lipinski definition) is 1. The number of nitrogens with zero attached hydrogens (tertiary/aromatic N) is 1. The molecule has 0 aromatic heterocycles. The Hall–Kier alpha value is -0.500. The Labute approximate surface area is 88.9 Å². The van der Waals surface area contributed by atoms with Gasteiger partial charge in [0.25, 0.3) is 0 Å². The standard InChI is InChI=1S/C11H16BrN/c1-4-13(9(2)3)11-8-6-5-7-10(11)12/h5-9H,4H2,1-3H3. The van der Waals surface area contributed by atoms with E-state index >= 15 is 0 Å². The van der Waals surface area contributed by atoms with Gasteiger partial charge in [-0.3, -0.25) is 0 Å². The predicted molar refractivity (Wildman–Crippen MR) is 62.3 cm³/mol. The first-order valence-corrected chi connectivity index (χ1v) is 5.47. The predicted octanol–water partition coefficient (Wildman–Crippen LogP) is 3.68. The molecule has 1 rings (SSSR count). The van der Waals surface area contributed by atoms with E-state index in [0.717, 1.165) is 6.54 Å². The smallest absolute Gasteiger partial charge is 0.0512 e. The first kappa shape index (κ1) is 10.6. The highest BCUT2D eigenvalue weighted by molar-refractivity contribution is 9.10. The summed E-state index contributed by atoms with van der Waals surface area (Å²) < 4.78 is 1.17. The van der Waals surface area contributed by atoms with Crippen LogP contribution in [-0.2, 0) is 0 Å². The van der Waals surface area contributed by atoms with Crippen molar-refractivity contribution in [2.45, 2.75) is 26.8 Å². The fraction of sp³-hybridized carbons (Fsp3) is 0.455. The van der Waals surface area contributed by atoms with Crippen LogP contribution in [0, 0.1) is 0 Å². The molecule has 0 heterocycles. The molecule has 0 N–H and O–H groups in total. The number of para-hydroxylation sites is 1. The molecule has 0 bridgehead atoms. The minimum absolute atomic E-state index is 0.545. The summed E-state index contributed by atoms with van der Waals surface area (Å²) in [4.78, 5) is 2.37. The number of benzene rings is 1. The first-order valence-electron chi connectivity index (χ1n) is 4.68. The summed E-state index contributed by atoms with van der Waals surface area (Å²) >= 11 is 3.56. The van der Waals surface area contributed by atoms with Crippen LogP contribution in [0.4, 0.5) is 5.69 Å². The zero-order chi connectivity index (χ0) is 9.84. The number of halogens is 1. The van der Waals surface area contributed by atoms with E-state index in [1.165, 1.54) is 10.2 Å². The molecule has 0 aliphatic heterocycles. The second-order valence-electron chi connectivity index (χ2n) is 3.33. The van der Waals surface area contributed by atoms with Crippen molar-refractivity contribution in [2.75, 3.05) is 11.4 Å². The van der Waals surface area contributed by atoms with E-state index < -0.39 is 0 Å². The van der Waals surface area contributed by atoms with Crippen molar-refractivity contribution in [3.8, 4) is 0 Å². The fourth-order valence-electron chi connectivity index (χ4n) is 1.50. The molecule has 0 spiro atoms. The van der Waals surface area contributed by atoms with Crippen LogP contribution in [0.3, 0.4) is 0 Å². The molecule has 0 aliphatic carbocycles. The van der Waals surface area contributed by atoms with Gasteiger partial charge in [-0.15, -0.1) is 0 Å². The third kappa shape index (κ3) is 2.47. The maximum absolute atomic E-state index is 3.56. The summed E-state index contributed by atoms with van der Waals surface area (Å²) in [5.41, 5.74) is 1.28. The highest BCUT2D eigenvalue weighted by atomic mass is 79.9. The maximum atomic E-state index is 3.56. The second kappa shape index (κ2) is 4.66. The van der Waals surface area contributed by atoms with Crippen LogP contribution in [0.1, 0.15) is 20.8 Å². The van der Waals surface area contributed by atoms with E-state index in [4.69, 9.17) is 0 Å². The number of hydrogen-bond donors (Lipinski definition) is 0. The van der Waals surface area contributed by atoms with E-state index in [2.05, 4.69) is 59.8 Å². The van der Waals surface area contributed by atoms with Gasteiger partial charge in [-0.2, -0.15) is 0 Å². The number of anilines is 1. The summed E-state index contributed by atoms with van der Waals surface area (Å²) in [6, 6.07) is 8.89. The lowest BCUT2D eigenvalue weighted by atomic mass is 10.2. The summed E-state index contributed by atoms with van der Waals surface area (Å²) in [6.07, 6.45) is 0. The molecule has 13 heavy (non-hydrogen) atoms. The molecule has 0 atom stereocenters. The molecule has 1 nitrogen and oxygen atoms in total. The molecule has 0 unspecified atom stereocenters. The summed E-state index contributed by atoms with van der Waals surface area (Å²) in [7, 11) is 0. The molecule has 0 amide bonds. The Kier molecular flexibility index (Phi) is 3.79. The zero-order valence-corrected chi connectivity index (χ0v) is 10.0. The minimum atomic E-state index is 0.545. The largest absolute Gasteiger partial charge is 0.368 e. The Morgan fingerprint density at radius 2 is 1.92 bits per heavy atom. The first-order chi connectivity index (χ1) is 6.16. The van der Waals surface area contributed by atoms with Crippen molar-refractivity contribution < 1.29 is 0 Å². The highest BCUT2D eigenvalue weighted by Crippen LogP contribution is 2.26. The van der Waals surface area contributed by atoms with E-state index in [-0.39, 0.29) is 0 Å². The molecule has 0 fully saturated rings. The third-order valence-electron chi connectivity index (χ3n) is 2.13. The Bertz CT molecular complexity index is 271. The van der Waals surface area contributed by atoms with Crippen LogP contribution in [0.5, 0.6) is 0 Å². The van der Waals surface area contributed by atoms with E-state index in [0.29, 0.717) is 6.04 Å². The normalized spacial score (nSPS) is 10.5. The van der Waals surface area contributed by atoms with Gasteiger partial charge in [-0.25, -0.2) is 0 Å². The molecule has 72 valence electrons. The summed E-state index contributed by atoms with van der Waals surface area (Å²) in [5, 5.41) is 0. The van der Waals surface area contributed by atoms with Gasteiger partial charge >= 0.3 is 0 Å². The van der Waals surface area contributed by atoms with Crippen LogP contribution in [0.15, 0.2) is 28.7 Å². The van der Waals surface area contributed by atoms with Crippen LogP contribution >= 0.6 is 15.9 Å². The van der Waals surface area contributed by atoms with Crippen molar-refractivity contribution in [2.24, 2.45) is 0 Å². The lowest BCUT2D eigenvalue weighted by molar-refractivity contribution is 0.702. The van der Waals surface area contributed by atoms with Gasteiger partial charge in [0.05, 0.1) is 5.69 Å². The van der Waals surface area contributed by atoms with Gasteiger partial charge in [-0.05, 0) is 48.8 Å². The molecule has 1 aromatic carbocycles. The Balaban J connectivity index is 2.97. The molecular weight excluding hydrogens is 226 g/mol. The molecular formula is C11H16BrN. The topological polar surface area (TPSA) is 3.24 Å². The minimum Gasteiger partial charge on any atom is -0.368 e. The average molecular weight is 242 g/mol. The molecule has 1 aromatic rings.